The highest BCUT2D eigenvalue weighted by molar-refractivity contribution is 5.83. The van der Waals surface area contributed by atoms with Crippen LogP contribution >= 0.6 is 0 Å². The number of nitrogens with zero attached hydrogens (tertiary/aromatic N) is 3. The number of carbonyl (C=O) groups excluding carboxylic acids is 1. The van der Waals surface area contributed by atoms with Crippen LogP contribution in [0.25, 0.3) is 0 Å². The van der Waals surface area contributed by atoms with Crippen molar-refractivity contribution >= 4 is 5.91 Å². The molecule has 118 valence electrons. The maximum atomic E-state index is 12.5. The van der Waals surface area contributed by atoms with E-state index in [4.69, 9.17) is 4.84 Å². The fourth-order valence-electron chi connectivity index (χ4n) is 2.62. The SMILES string of the molecule is Cc1nn(CC(F)(F)F)c(C)c1[C@@H](C)C(=O)N1CCCO1. The van der Waals surface area contributed by atoms with Gasteiger partial charge in [-0.05, 0) is 27.2 Å². The monoisotopic (exact) mass is 305 g/mol. The van der Waals surface area contributed by atoms with Gasteiger partial charge in [-0.25, -0.2) is 5.06 Å². The van der Waals surface area contributed by atoms with E-state index in [1.165, 1.54) is 5.06 Å². The Bertz CT molecular complexity index is 533. The Hall–Kier alpha value is -1.57. The lowest BCUT2D eigenvalue weighted by atomic mass is 9.98. The second-order valence-corrected chi connectivity index (χ2v) is 5.21. The number of hydroxylamine groups is 2. The first kappa shape index (κ1) is 15.8. The van der Waals surface area contributed by atoms with E-state index in [1.807, 2.05) is 0 Å². The molecule has 8 heteroatoms. The molecule has 0 radical (unpaired) electrons. The molecule has 1 aliphatic rings. The molecule has 0 unspecified atom stereocenters. The van der Waals surface area contributed by atoms with E-state index in [0.29, 0.717) is 30.1 Å². The summed E-state index contributed by atoms with van der Waals surface area (Å²) in [5.41, 5.74) is 1.35. The molecule has 1 saturated heterocycles. The lowest BCUT2D eigenvalue weighted by Crippen LogP contribution is -2.31. The predicted octanol–water partition coefficient (Wildman–Crippen LogP) is 2.33. The highest BCUT2D eigenvalue weighted by atomic mass is 19.4. The molecule has 1 aromatic heterocycles. The van der Waals surface area contributed by atoms with E-state index < -0.39 is 18.6 Å². The predicted molar refractivity (Wildman–Crippen MR) is 68.5 cm³/mol. The van der Waals surface area contributed by atoms with Crippen LogP contribution in [-0.2, 0) is 16.2 Å². The molecule has 1 aromatic rings. The van der Waals surface area contributed by atoms with Crippen LogP contribution in [0.3, 0.4) is 0 Å². The third-order valence-corrected chi connectivity index (χ3v) is 3.57. The molecule has 0 saturated carbocycles. The minimum absolute atomic E-state index is 0.245. The first-order chi connectivity index (χ1) is 9.70. The summed E-state index contributed by atoms with van der Waals surface area (Å²) >= 11 is 0. The topological polar surface area (TPSA) is 47.4 Å². The molecular formula is C13H18F3N3O2. The van der Waals surface area contributed by atoms with Crippen LogP contribution in [0, 0.1) is 13.8 Å². The van der Waals surface area contributed by atoms with Gasteiger partial charge in [-0.1, -0.05) is 0 Å². The Morgan fingerprint density at radius 3 is 2.62 bits per heavy atom. The summed E-state index contributed by atoms with van der Waals surface area (Å²) in [6, 6.07) is 0. The van der Waals surface area contributed by atoms with E-state index in [-0.39, 0.29) is 5.91 Å². The van der Waals surface area contributed by atoms with Gasteiger partial charge < -0.3 is 0 Å². The normalized spacial score (nSPS) is 17.3. The quantitative estimate of drug-likeness (QED) is 0.861. The zero-order valence-corrected chi connectivity index (χ0v) is 12.2. The molecule has 0 aromatic carbocycles. The number of hydrogen-bond donors (Lipinski definition) is 0. The molecule has 2 rings (SSSR count). The third kappa shape index (κ3) is 3.37. The number of aryl methyl sites for hydroxylation is 1. The van der Waals surface area contributed by atoms with E-state index in [1.54, 1.807) is 20.8 Å². The van der Waals surface area contributed by atoms with Crippen molar-refractivity contribution < 1.29 is 22.8 Å². The standard InChI is InChI=1S/C13H18F3N3O2/c1-8(12(20)19-5-4-6-21-19)11-9(2)17-18(10(11)3)7-13(14,15)16/h8H,4-7H2,1-3H3/t8-/m1/s1. The van der Waals surface area contributed by atoms with E-state index in [0.717, 1.165) is 11.1 Å². The lowest BCUT2D eigenvalue weighted by molar-refractivity contribution is -0.170. The second-order valence-electron chi connectivity index (χ2n) is 5.21. The molecule has 5 nitrogen and oxygen atoms in total. The fourth-order valence-corrected chi connectivity index (χ4v) is 2.62. The Balaban J connectivity index is 2.24. The minimum atomic E-state index is -4.34. The van der Waals surface area contributed by atoms with E-state index in [2.05, 4.69) is 5.10 Å². The molecule has 2 heterocycles. The molecule has 1 fully saturated rings. The number of alkyl halides is 3. The summed E-state index contributed by atoms with van der Waals surface area (Å²) in [7, 11) is 0. The number of carbonyl (C=O) groups is 1. The van der Waals surface area contributed by atoms with Gasteiger partial charge >= 0.3 is 6.18 Å². The van der Waals surface area contributed by atoms with Crippen molar-refractivity contribution in [2.45, 2.75) is 45.8 Å². The summed E-state index contributed by atoms with van der Waals surface area (Å²) in [6.45, 7) is 4.68. The molecule has 0 bridgehead atoms. The molecule has 1 aliphatic heterocycles. The summed E-state index contributed by atoms with van der Waals surface area (Å²) in [6.07, 6.45) is -3.57. The van der Waals surface area contributed by atoms with E-state index in [9.17, 15) is 18.0 Å². The van der Waals surface area contributed by atoms with Crippen molar-refractivity contribution in [3.8, 4) is 0 Å². The number of aromatic nitrogens is 2. The van der Waals surface area contributed by atoms with Crippen molar-refractivity contribution in [2.24, 2.45) is 0 Å². The fraction of sp³-hybridized carbons (Fsp3) is 0.692. The molecule has 0 N–H and O–H groups in total. The number of rotatable bonds is 3. The average molecular weight is 305 g/mol. The van der Waals surface area contributed by atoms with Gasteiger partial charge in [0.25, 0.3) is 5.91 Å². The van der Waals surface area contributed by atoms with Gasteiger partial charge in [0.15, 0.2) is 0 Å². The first-order valence-electron chi connectivity index (χ1n) is 6.75. The maximum absolute atomic E-state index is 12.5. The number of hydrogen-bond acceptors (Lipinski definition) is 3. The number of halogens is 3. The molecule has 1 amide bonds. The second kappa shape index (κ2) is 5.67. The summed E-state index contributed by atoms with van der Waals surface area (Å²) in [4.78, 5) is 17.5. The summed E-state index contributed by atoms with van der Waals surface area (Å²) in [5.74, 6) is -0.824. The zero-order valence-electron chi connectivity index (χ0n) is 12.2. The van der Waals surface area contributed by atoms with Crippen molar-refractivity contribution in [1.82, 2.24) is 14.8 Å². The Morgan fingerprint density at radius 1 is 1.43 bits per heavy atom. The van der Waals surface area contributed by atoms with Crippen molar-refractivity contribution in [2.75, 3.05) is 13.2 Å². The minimum Gasteiger partial charge on any atom is -0.272 e. The van der Waals surface area contributed by atoms with Crippen LogP contribution < -0.4 is 0 Å². The molecule has 0 spiro atoms. The van der Waals surface area contributed by atoms with E-state index >= 15 is 0 Å². The van der Waals surface area contributed by atoms with Gasteiger partial charge in [0.2, 0.25) is 0 Å². The van der Waals surface area contributed by atoms with Crippen molar-refractivity contribution in [1.29, 1.82) is 0 Å². The first-order valence-corrected chi connectivity index (χ1v) is 6.75. The largest absolute Gasteiger partial charge is 0.408 e. The maximum Gasteiger partial charge on any atom is 0.408 e. The molecule has 0 aliphatic carbocycles. The van der Waals surface area contributed by atoms with Gasteiger partial charge in [0, 0.05) is 11.3 Å². The van der Waals surface area contributed by atoms with Crippen molar-refractivity contribution in [3.05, 3.63) is 17.0 Å². The van der Waals surface area contributed by atoms with Crippen LogP contribution in [0.15, 0.2) is 0 Å². The van der Waals surface area contributed by atoms with Crippen LogP contribution in [0.5, 0.6) is 0 Å². The van der Waals surface area contributed by atoms with Gasteiger partial charge in [0.1, 0.15) is 6.54 Å². The third-order valence-electron chi connectivity index (χ3n) is 3.57. The van der Waals surface area contributed by atoms with Crippen LogP contribution in [0.4, 0.5) is 13.2 Å². The number of amides is 1. The highest BCUT2D eigenvalue weighted by Gasteiger charge is 2.33. The van der Waals surface area contributed by atoms with Gasteiger partial charge in [-0.3, -0.25) is 14.3 Å². The van der Waals surface area contributed by atoms with Crippen LogP contribution in [0.1, 0.15) is 36.2 Å². The van der Waals surface area contributed by atoms with Gasteiger partial charge in [-0.2, -0.15) is 18.3 Å². The average Bonchev–Trinajstić information content (AvgIpc) is 2.96. The van der Waals surface area contributed by atoms with Gasteiger partial charge in [-0.15, -0.1) is 0 Å². The zero-order chi connectivity index (χ0) is 15.8. The molecule has 1 atom stereocenters. The smallest absolute Gasteiger partial charge is 0.272 e. The van der Waals surface area contributed by atoms with Crippen LogP contribution in [0.2, 0.25) is 0 Å². The Morgan fingerprint density at radius 2 is 2.10 bits per heavy atom. The highest BCUT2D eigenvalue weighted by Crippen LogP contribution is 2.28. The van der Waals surface area contributed by atoms with Crippen molar-refractivity contribution in [3.63, 3.8) is 0 Å². The Labute approximate surface area is 120 Å². The summed E-state index contributed by atoms with van der Waals surface area (Å²) < 4.78 is 38.4. The Kier molecular flexibility index (Phi) is 4.27. The van der Waals surface area contributed by atoms with Crippen LogP contribution in [-0.4, -0.2) is 40.1 Å². The lowest BCUT2D eigenvalue weighted by Gasteiger charge is -2.19. The van der Waals surface area contributed by atoms with Gasteiger partial charge in [0.05, 0.1) is 24.8 Å². The molecule has 21 heavy (non-hydrogen) atoms. The summed E-state index contributed by atoms with van der Waals surface area (Å²) in [5, 5.41) is 5.19. The molecular weight excluding hydrogens is 287 g/mol.